The van der Waals surface area contributed by atoms with Gasteiger partial charge in [0.15, 0.2) is 0 Å². The number of anilines is 2. The number of methoxy groups -OCH3 is 1. The van der Waals surface area contributed by atoms with Crippen LogP contribution in [-0.2, 0) is 0 Å². The highest BCUT2D eigenvalue weighted by molar-refractivity contribution is 5.35. The zero-order valence-corrected chi connectivity index (χ0v) is 11.7. The molecule has 1 aromatic heterocycles. The Labute approximate surface area is 118 Å². The number of rotatable bonds is 6. The SMILES string of the molecule is COc1nc(NN)nc(NCC2(CO)CCCCC2)n1. The molecule has 8 heteroatoms. The first-order valence-corrected chi connectivity index (χ1v) is 6.83. The van der Waals surface area contributed by atoms with Gasteiger partial charge in [0, 0.05) is 12.0 Å². The smallest absolute Gasteiger partial charge is 0.322 e. The maximum Gasteiger partial charge on any atom is 0.322 e. The quantitative estimate of drug-likeness (QED) is 0.440. The second kappa shape index (κ2) is 6.67. The van der Waals surface area contributed by atoms with Crippen LogP contribution in [0.1, 0.15) is 32.1 Å². The first-order valence-electron chi connectivity index (χ1n) is 6.83. The molecule has 1 aromatic rings. The van der Waals surface area contributed by atoms with Crippen molar-refractivity contribution in [2.45, 2.75) is 32.1 Å². The third-order valence-electron chi connectivity index (χ3n) is 3.80. The van der Waals surface area contributed by atoms with Crippen LogP contribution in [0.3, 0.4) is 0 Å². The highest BCUT2D eigenvalue weighted by atomic mass is 16.5. The third kappa shape index (κ3) is 3.45. The Kier molecular flexibility index (Phi) is 4.91. The molecule has 0 aromatic carbocycles. The van der Waals surface area contributed by atoms with E-state index in [4.69, 9.17) is 10.6 Å². The Morgan fingerprint density at radius 2 is 1.90 bits per heavy atom. The molecule has 0 radical (unpaired) electrons. The minimum absolute atomic E-state index is 0.0889. The van der Waals surface area contributed by atoms with E-state index in [9.17, 15) is 5.11 Å². The molecule has 0 unspecified atom stereocenters. The molecule has 20 heavy (non-hydrogen) atoms. The lowest BCUT2D eigenvalue weighted by Gasteiger charge is -2.35. The van der Waals surface area contributed by atoms with Gasteiger partial charge in [-0.2, -0.15) is 15.0 Å². The van der Waals surface area contributed by atoms with E-state index in [1.54, 1.807) is 0 Å². The van der Waals surface area contributed by atoms with Gasteiger partial charge in [0.25, 0.3) is 0 Å². The Hall–Kier alpha value is -1.67. The van der Waals surface area contributed by atoms with Gasteiger partial charge in [-0.1, -0.05) is 19.3 Å². The molecule has 1 fully saturated rings. The highest BCUT2D eigenvalue weighted by Gasteiger charge is 2.31. The predicted molar refractivity (Wildman–Crippen MR) is 75.3 cm³/mol. The number of nitrogens with zero attached hydrogens (tertiary/aromatic N) is 3. The van der Waals surface area contributed by atoms with Gasteiger partial charge >= 0.3 is 6.01 Å². The van der Waals surface area contributed by atoms with E-state index in [-0.39, 0.29) is 24.0 Å². The van der Waals surface area contributed by atoms with Gasteiger partial charge < -0.3 is 15.2 Å². The standard InChI is InChI=1S/C12H22N6O2/c1-20-11-16-9(15-10(17-11)18-13)14-7-12(8-19)5-3-2-4-6-12/h19H,2-8,13H2,1H3,(H2,14,15,16,17,18). The molecule has 1 heterocycles. The number of nitrogen functional groups attached to an aromatic ring is 1. The lowest BCUT2D eigenvalue weighted by Crippen LogP contribution is -2.36. The van der Waals surface area contributed by atoms with Crippen molar-refractivity contribution >= 4 is 11.9 Å². The summed E-state index contributed by atoms with van der Waals surface area (Å²) in [6.45, 7) is 0.797. The van der Waals surface area contributed by atoms with Crippen molar-refractivity contribution in [3.05, 3.63) is 0 Å². The van der Waals surface area contributed by atoms with Crippen LogP contribution in [0.4, 0.5) is 11.9 Å². The summed E-state index contributed by atoms with van der Waals surface area (Å²) >= 11 is 0. The molecule has 0 saturated heterocycles. The van der Waals surface area contributed by atoms with Crippen LogP contribution in [-0.4, -0.2) is 40.3 Å². The lowest BCUT2D eigenvalue weighted by atomic mass is 9.74. The van der Waals surface area contributed by atoms with E-state index in [1.165, 1.54) is 13.5 Å². The molecule has 2 rings (SSSR count). The summed E-state index contributed by atoms with van der Waals surface area (Å²) in [7, 11) is 1.48. The van der Waals surface area contributed by atoms with E-state index < -0.39 is 0 Å². The zero-order valence-electron chi connectivity index (χ0n) is 11.7. The number of nitrogens with one attached hydrogen (secondary N) is 2. The molecule has 0 bridgehead atoms. The van der Waals surface area contributed by atoms with Crippen molar-refractivity contribution in [1.82, 2.24) is 15.0 Å². The number of hydrazine groups is 1. The molecular weight excluding hydrogens is 260 g/mol. The highest BCUT2D eigenvalue weighted by Crippen LogP contribution is 2.35. The lowest BCUT2D eigenvalue weighted by molar-refractivity contribution is 0.0942. The third-order valence-corrected chi connectivity index (χ3v) is 3.80. The first-order chi connectivity index (χ1) is 9.71. The molecule has 0 aliphatic heterocycles. The molecule has 1 saturated carbocycles. The number of aliphatic hydroxyl groups excluding tert-OH is 1. The molecule has 0 amide bonds. The van der Waals surface area contributed by atoms with Crippen LogP contribution in [0.25, 0.3) is 0 Å². The molecule has 1 aliphatic rings. The first kappa shape index (κ1) is 14.7. The van der Waals surface area contributed by atoms with Crippen molar-refractivity contribution < 1.29 is 9.84 Å². The Morgan fingerprint density at radius 1 is 1.20 bits per heavy atom. The number of aromatic nitrogens is 3. The number of hydrogen-bond acceptors (Lipinski definition) is 8. The normalized spacial score (nSPS) is 17.6. The molecule has 8 nitrogen and oxygen atoms in total. The van der Waals surface area contributed by atoms with Crippen molar-refractivity contribution in [2.75, 3.05) is 31.0 Å². The molecular formula is C12H22N6O2. The van der Waals surface area contributed by atoms with Crippen molar-refractivity contribution in [2.24, 2.45) is 11.3 Å². The predicted octanol–water partition coefficient (Wildman–Crippen LogP) is 0.520. The van der Waals surface area contributed by atoms with Gasteiger partial charge in [-0.25, -0.2) is 5.84 Å². The van der Waals surface area contributed by atoms with Crippen LogP contribution in [0.5, 0.6) is 6.01 Å². The van der Waals surface area contributed by atoms with E-state index in [0.717, 1.165) is 25.7 Å². The summed E-state index contributed by atoms with van der Waals surface area (Å²) in [4.78, 5) is 12.2. The second-order valence-corrected chi connectivity index (χ2v) is 5.19. The van der Waals surface area contributed by atoms with E-state index in [0.29, 0.717) is 12.5 Å². The van der Waals surface area contributed by atoms with Crippen LogP contribution >= 0.6 is 0 Å². The monoisotopic (exact) mass is 282 g/mol. The fourth-order valence-electron chi connectivity index (χ4n) is 2.55. The summed E-state index contributed by atoms with van der Waals surface area (Å²) in [6, 6.07) is 0.192. The minimum Gasteiger partial charge on any atom is -0.467 e. The van der Waals surface area contributed by atoms with Crippen molar-refractivity contribution in [1.29, 1.82) is 0 Å². The van der Waals surface area contributed by atoms with Gasteiger partial charge in [-0.15, -0.1) is 0 Å². The van der Waals surface area contributed by atoms with Crippen molar-refractivity contribution in [3.8, 4) is 6.01 Å². The number of aliphatic hydroxyl groups is 1. The number of nitrogens with two attached hydrogens (primary N) is 1. The van der Waals surface area contributed by atoms with Gasteiger partial charge in [-0.05, 0) is 12.8 Å². The molecule has 0 spiro atoms. The molecule has 5 N–H and O–H groups in total. The Balaban J connectivity index is 2.05. The fraction of sp³-hybridized carbons (Fsp3) is 0.750. The summed E-state index contributed by atoms with van der Waals surface area (Å²) < 4.78 is 4.99. The van der Waals surface area contributed by atoms with Crippen LogP contribution in [0.15, 0.2) is 0 Å². The van der Waals surface area contributed by atoms with Crippen LogP contribution < -0.4 is 21.3 Å². The summed E-state index contributed by atoms with van der Waals surface area (Å²) in [5.74, 6) is 5.94. The van der Waals surface area contributed by atoms with Gasteiger partial charge in [-0.3, -0.25) is 5.43 Å². The number of ether oxygens (including phenoxy) is 1. The zero-order chi connectivity index (χ0) is 14.4. The van der Waals surface area contributed by atoms with Gasteiger partial charge in [0.2, 0.25) is 11.9 Å². The maximum absolute atomic E-state index is 9.67. The largest absolute Gasteiger partial charge is 0.467 e. The molecule has 1 aliphatic carbocycles. The van der Waals surface area contributed by atoms with E-state index in [1.807, 2.05) is 0 Å². The van der Waals surface area contributed by atoms with E-state index >= 15 is 0 Å². The van der Waals surface area contributed by atoms with Gasteiger partial charge in [0.05, 0.1) is 13.7 Å². The average molecular weight is 282 g/mol. The van der Waals surface area contributed by atoms with E-state index in [2.05, 4.69) is 25.7 Å². The molecule has 0 atom stereocenters. The minimum atomic E-state index is -0.0889. The van der Waals surface area contributed by atoms with Crippen LogP contribution in [0.2, 0.25) is 0 Å². The summed E-state index contributed by atoms with van der Waals surface area (Å²) in [6.07, 6.45) is 5.57. The average Bonchev–Trinajstić information content (AvgIpc) is 2.53. The second-order valence-electron chi connectivity index (χ2n) is 5.19. The van der Waals surface area contributed by atoms with Crippen molar-refractivity contribution in [3.63, 3.8) is 0 Å². The topological polar surface area (TPSA) is 118 Å². The van der Waals surface area contributed by atoms with Crippen LogP contribution in [0, 0.1) is 5.41 Å². The summed E-state index contributed by atoms with van der Waals surface area (Å²) in [5.41, 5.74) is 2.28. The molecule has 112 valence electrons. The number of hydrogen-bond donors (Lipinski definition) is 4. The Bertz CT molecular complexity index is 414. The van der Waals surface area contributed by atoms with Gasteiger partial charge in [0.1, 0.15) is 0 Å². The summed E-state index contributed by atoms with van der Waals surface area (Å²) in [5, 5.41) is 12.8. The fourth-order valence-corrected chi connectivity index (χ4v) is 2.55. The maximum atomic E-state index is 9.67. The Morgan fingerprint density at radius 3 is 2.50 bits per heavy atom.